The molecule has 0 aliphatic carbocycles. The lowest BCUT2D eigenvalue weighted by Crippen LogP contribution is -2.44. The number of carbonyl (C=O) groups excluding carboxylic acids is 1. The van der Waals surface area contributed by atoms with Gasteiger partial charge in [-0.25, -0.2) is 4.98 Å². The summed E-state index contributed by atoms with van der Waals surface area (Å²) in [5, 5.41) is 7.56. The molecule has 0 atom stereocenters. The van der Waals surface area contributed by atoms with Crippen molar-refractivity contribution < 1.29 is 22.7 Å². The van der Waals surface area contributed by atoms with Crippen LogP contribution in [-0.4, -0.2) is 73.7 Å². The van der Waals surface area contributed by atoms with Gasteiger partial charge in [-0.1, -0.05) is 17.7 Å². The molecule has 0 unspecified atom stereocenters. The van der Waals surface area contributed by atoms with Crippen molar-refractivity contribution in [1.29, 1.82) is 0 Å². The van der Waals surface area contributed by atoms with Gasteiger partial charge in [0.05, 0.1) is 16.1 Å². The van der Waals surface area contributed by atoms with Crippen molar-refractivity contribution in [3.8, 4) is 23.0 Å². The number of fused-ring (bicyclic) bond motifs is 1. The molecule has 1 aliphatic heterocycles. The predicted molar refractivity (Wildman–Crippen MR) is 163 cm³/mol. The number of anilines is 1. The number of aryl methyl sites for hydroxylation is 1. The molecule has 1 N–H and O–H groups in total. The summed E-state index contributed by atoms with van der Waals surface area (Å²) in [5.74, 6) is 0.0890. The first-order valence-corrected chi connectivity index (χ1v) is 14.4. The van der Waals surface area contributed by atoms with Gasteiger partial charge in [0.25, 0.3) is 5.91 Å². The molecule has 1 aliphatic rings. The number of amides is 1. The minimum atomic E-state index is -4.60. The lowest BCUT2D eigenvalue weighted by molar-refractivity contribution is -0.138. The van der Waals surface area contributed by atoms with Gasteiger partial charge in [0.15, 0.2) is 11.5 Å². The molecule has 2 aromatic carbocycles. The van der Waals surface area contributed by atoms with E-state index in [9.17, 15) is 18.0 Å². The van der Waals surface area contributed by atoms with E-state index in [1.54, 1.807) is 48.5 Å². The second-order valence-corrected chi connectivity index (χ2v) is 11.2. The lowest BCUT2D eigenvalue weighted by atomic mass is 10.0. The first-order chi connectivity index (χ1) is 21.5. The average molecular weight is 637 g/mol. The maximum absolute atomic E-state index is 14.1. The van der Waals surface area contributed by atoms with Crippen LogP contribution in [0.25, 0.3) is 22.4 Å². The first-order valence-electron chi connectivity index (χ1n) is 14.0. The van der Waals surface area contributed by atoms with E-state index in [1.807, 2.05) is 11.9 Å². The minimum absolute atomic E-state index is 0.00768. The van der Waals surface area contributed by atoms with Gasteiger partial charge in [-0.3, -0.25) is 19.4 Å². The maximum atomic E-state index is 14.1. The van der Waals surface area contributed by atoms with Crippen LogP contribution in [0, 0.1) is 0 Å². The average Bonchev–Trinajstić information content (AvgIpc) is 3.40. The smallest absolute Gasteiger partial charge is 0.416 e. The Bertz CT molecular complexity index is 1860. The number of likely N-dealkylation sites (N-methyl/N-ethyl adjacent to an activating group) is 1. The van der Waals surface area contributed by atoms with Gasteiger partial charge >= 0.3 is 6.18 Å². The molecule has 14 heteroatoms. The van der Waals surface area contributed by atoms with E-state index in [0.717, 1.165) is 19.2 Å². The topological polar surface area (TPSA) is 101 Å². The van der Waals surface area contributed by atoms with Crippen LogP contribution < -0.4 is 10.1 Å². The van der Waals surface area contributed by atoms with Gasteiger partial charge in [-0.15, -0.1) is 0 Å². The summed E-state index contributed by atoms with van der Waals surface area (Å²) in [4.78, 5) is 30.5. The van der Waals surface area contributed by atoms with Crippen LogP contribution in [0.2, 0.25) is 5.02 Å². The Hall–Kier alpha value is -4.59. The van der Waals surface area contributed by atoms with Crippen LogP contribution in [0.4, 0.5) is 18.9 Å². The zero-order valence-corrected chi connectivity index (χ0v) is 25.1. The molecule has 6 rings (SSSR count). The number of hydrogen-bond acceptors (Lipinski definition) is 8. The standard InChI is InChI=1S/C31H28ClF3N8O2/c1-41-11-13-43(14-12-41)17-20-3-4-21(15-25(20)31(33,34)35)37-29(44)23-16-22(5-6-26(23)32)45-30-24-18-42(2)40-28(24)38-27(39-30)19-7-9-36-10-8-19/h3-10,15-16,18H,11-14,17H2,1-2H3,(H,37,44). The molecule has 5 aromatic rings. The quantitative estimate of drug-likeness (QED) is 0.236. The Morgan fingerprint density at radius 1 is 1.00 bits per heavy atom. The van der Waals surface area contributed by atoms with E-state index in [4.69, 9.17) is 16.3 Å². The number of alkyl halides is 3. The molecule has 0 radical (unpaired) electrons. The van der Waals surface area contributed by atoms with E-state index in [-0.39, 0.29) is 40.0 Å². The highest BCUT2D eigenvalue weighted by molar-refractivity contribution is 6.34. The van der Waals surface area contributed by atoms with E-state index in [2.05, 4.69) is 30.3 Å². The fraction of sp³-hybridized carbons (Fsp3) is 0.258. The second kappa shape index (κ2) is 12.4. The Balaban J connectivity index is 1.25. The molecule has 3 aromatic heterocycles. The monoisotopic (exact) mass is 636 g/mol. The third-order valence-corrected chi connectivity index (χ3v) is 7.79. The van der Waals surface area contributed by atoms with Crippen LogP contribution in [0.15, 0.2) is 67.1 Å². The van der Waals surface area contributed by atoms with Crippen molar-refractivity contribution in [3.05, 3.63) is 88.8 Å². The number of nitrogens with zero attached hydrogens (tertiary/aromatic N) is 7. The number of benzene rings is 2. The highest BCUT2D eigenvalue weighted by Crippen LogP contribution is 2.36. The molecule has 45 heavy (non-hydrogen) atoms. The number of pyridine rings is 1. The van der Waals surface area contributed by atoms with Crippen LogP contribution in [0.5, 0.6) is 11.6 Å². The van der Waals surface area contributed by atoms with Gasteiger partial charge in [0.2, 0.25) is 5.88 Å². The highest BCUT2D eigenvalue weighted by atomic mass is 35.5. The van der Waals surface area contributed by atoms with E-state index < -0.39 is 17.6 Å². The van der Waals surface area contributed by atoms with Crippen molar-refractivity contribution in [2.75, 3.05) is 38.5 Å². The van der Waals surface area contributed by atoms with Gasteiger partial charge < -0.3 is 15.0 Å². The van der Waals surface area contributed by atoms with Gasteiger partial charge in [-0.05, 0) is 55.1 Å². The minimum Gasteiger partial charge on any atom is -0.438 e. The molecule has 0 bridgehead atoms. The molecule has 232 valence electrons. The zero-order chi connectivity index (χ0) is 31.7. The van der Waals surface area contributed by atoms with E-state index >= 15 is 0 Å². The fourth-order valence-electron chi connectivity index (χ4n) is 5.05. The number of halogens is 4. The van der Waals surface area contributed by atoms with Crippen LogP contribution >= 0.6 is 11.6 Å². The summed E-state index contributed by atoms with van der Waals surface area (Å²) < 4.78 is 49.9. The molecule has 4 heterocycles. The molecule has 0 saturated carbocycles. The maximum Gasteiger partial charge on any atom is 0.416 e. The van der Waals surface area contributed by atoms with Crippen LogP contribution in [-0.2, 0) is 19.8 Å². The lowest BCUT2D eigenvalue weighted by Gasteiger charge is -2.33. The fourth-order valence-corrected chi connectivity index (χ4v) is 5.26. The number of nitrogens with one attached hydrogen (secondary N) is 1. The Morgan fingerprint density at radius 2 is 1.76 bits per heavy atom. The Labute approximate surface area is 261 Å². The normalized spacial score (nSPS) is 14.5. The van der Waals surface area contributed by atoms with Gasteiger partial charge in [-0.2, -0.15) is 23.3 Å². The highest BCUT2D eigenvalue weighted by Gasteiger charge is 2.34. The molecule has 0 spiro atoms. The van der Waals surface area contributed by atoms with Crippen molar-refractivity contribution in [1.82, 2.24) is 34.5 Å². The third kappa shape index (κ3) is 6.90. The van der Waals surface area contributed by atoms with Gasteiger partial charge in [0, 0.05) is 69.6 Å². The summed E-state index contributed by atoms with van der Waals surface area (Å²) in [6.07, 6.45) is 0.337. The summed E-state index contributed by atoms with van der Waals surface area (Å²) in [6, 6.07) is 11.8. The summed E-state index contributed by atoms with van der Waals surface area (Å²) in [5.41, 5.74) is 0.457. The van der Waals surface area contributed by atoms with Crippen molar-refractivity contribution in [2.45, 2.75) is 12.7 Å². The summed E-state index contributed by atoms with van der Waals surface area (Å²) in [7, 11) is 3.73. The largest absolute Gasteiger partial charge is 0.438 e. The Kier molecular flexibility index (Phi) is 8.40. The summed E-state index contributed by atoms with van der Waals surface area (Å²) in [6.45, 7) is 3.09. The Morgan fingerprint density at radius 3 is 2.49 bits per heavy atom. The number of piperazine rings is 1. The van der Waals surface area contributed by atoms with Crippen molar-refractivity contribution >= 4 is 34.2 Å². The third-order valence-electron chi connectivity index (χ3n) is 7.46. The molecular formula is C31H28ClF3N8O2. The molecule has 1 fully saturated rings. The predicted octanol–water partition coefficient (Wildman–Crippen LogP) is 5.89. The summed E-state index contributed by atoms with van der Waals surface area (Å²) >= 11 is 6.36. The van der Waals surface area contributed by atoms with Crippen LogP contribution in [0.1, 0.15) is 21.5 Å². The number of carbonyl (C=O) groups is 1. The second-order valence-electron chi connectivity index (χ2n) is 10.8. The van der Waals surface area contributed by atoms with Crippen molar-refractivity contribution in [2.24, 2.45) is 7.05 Å². The van der Waals surface area contributed by atoms with Crippen LogP contribution in [0.3, 0.4) is 0 Å². The number of aromatic nitrogens is 5. The van der Waals surface area contributed by atoms with E-state index in [1.165, 1.54) is 24.3 Å². The van der Waals surface area contributed by atoms with Crippen molar-refractivity contribution in [3.63, 3.8) is 0 Å². The zero-order valence-electron chi connectivity index (χ0n) is 24.3. The number of hydrogen-bond donors (Lipinski definition) is 1. The molecule has 1 saturated heterocycles. The SMILES string of the molecule is CN1CCN(Cc2ccc(NC(=O)c3cc(Oc4nc(-c5ccncc5)nc5nn(C)cc45)ccc3Cl)cc2C(F)(F)F)CC1. The molecule has 10 nitrogen and oxygen atoms in total. The van der Waals surface area contributed by atoms with E-state index in [0.29, 0.717) is 35.5 Å². The molecular weight excluding hydrogens is 609 g/mol. The number of ether oxygens (including phenoxy) is 1. The molecule has 1 amide bonds. The first kappa shape index (κ1) is 30.4. The number of rotatable bonds is 7. The van der Waals surface area contributed by atoms with Gasteiger partial charge in [0.1, 0.15) is 11.1 Å².